The van der Waals surface area contributed by atoms with E-state index in [-0.39, 0.29) is 5.56 Å². The van der Waals surface area contributed by atoms with E-state index in [2.05, 4.69) is 18.8 Å². The Bertz CT molecular complexity index is 679. The van der Waals surface area contributed by atoms with Crippen LogP contribution >= 0.6 is 0 Å². The molecule has 0 aliphatic carbocycles. The number of carbonyl (C=O) groups is 1. The van der Waals surface area contributed by atoms with Crippen LogP contribution in [0.3, 0.4) is 0 Å². The summed E-state index contributed by atoms with van der Waals surface area (Å²) in [5.41, 5.74) is 1.52. The molecule has 1 heterocycles. The predicted molar refractivity (Wildman–Crippen MR) is 78.8 cm³/mol. The highest BCUT2D eigenvalue weighted by atomic mass is 19.1. The SMILES string of the molecule is Cc1nc(CC(C)C)ccc1C(=O)Oc1c(F)cccc1F. The smallest absolute Gasteiger partial charge is 0.345 e. The first-order valence-corrected chi connectivity index (χ1v) is 7.01. The van der Waals surface area contributed by atoms with Gasteiger partial charge < -0.3 is 4.74 Å². The molecule has 0 atom stereocenters. The third-order valence-electron chi connectivity index (χ3n) is 3.09. The molecule has 0 aliphatic rings. The van der Waals surface area contributed by atoms with E-state index < -0.39 is 23.4 Å². The molecule has 3 nitrogen and oxygen atoms in total. The summed E-state index contributed by atoms with van der Waals surface area (Å²) >= 11 is 0. The first-order valence-electron chi connectivity index (χ1n) is 7.01. The highest BCUT2D eigenvalue weighted by Crippen LogP contribution is 2.22. The van der Waals surface area contributed by atoms with E-state index in [1.807, 2.05) is 0 Å². The van der Waals surface area contributed by atoms with Gasteiger partial charge in [0, 0.05) is 5.69 Å². The summed E-state index contributed by atoms with van der Waals surface area (Å²) < 4.78 is 31.8. The molecule has 0 spiro atoms. The van der Waals surface area contributed by atoms with Gasteiger partial charge in [-0.2, -0.15) is 0 Å². The number of esters is 1. The number of hydrogen-bond donors (Lipinski definition) is 0. The van der Waals surface area contributed by atoms with E-state index in [4.69, 9.17) is 4.74 Å². The van der Waals surface area contributed by atoms with Crippen molar-refractivity contribution in [3.63, 3.8) is 0 Å². The molecule has 5 heteroatoms. The first-order chi connectivity index (χ1) is 10.4. The summed E-state index contributed by atoms with van der Waals surface area (Å²) in [7, 11) is 0. The molecule has 2 aromatic rings. The molecule has 0 bridgehead atoms. The van der Waals surface area contributed by atoms with Gasteiger partial charge in [-0.3, -0.25) is 4.98 Å². The van der Waals surface area contributed by atoms with Crippen molar-refractivity contribution in [1.29, 1.82) is 0 Å². The molecule has 116 valence electrons. The lowest BCUT2D eigenvalue weighted by molar-refractivity contribution is 0.0719. The minimum absolute atomic E-state index is 0.190. The van der Waals surface area contributed by atoms with Gasteiger partial charge in [-0.15, -0.1) is 0 Å². The first kappa shape index (κ1) is 16.1. The Kier molecular flexibility index (Phi) is 4.85. The van der Waals surface area contributed by atoms with Crippen LogP contribution in [0.15, 0.2) is 30.3 Å². The standard InChI is InChI=1S/C17H17F2NO2/c1-10(2)9-12-7-8-13(11(3)20-12)17(21)22-16-14(18)5-4-6-15(16)19/h4-8,10H,9H2,1-3H3. The van der Waals surface area contributed by atoms with Crippen LogP contribution in [0.25, 0.3) is 0 Å². The van der Waals surface area contributed by atoms with Crippen molar-refractivity contribution in [3.8, 4) is 5.75 Å². The average Bonchev–Trinajstić information content (AvgIpc) is 2.42. The maximum atomic E-state index is 13.5. The molecule has 0 saturated heterocycles. The van der Waals surface area contributed by atoms with Gasteiger partial charge in [0.25, 0.3) is 0 Å². The maximum Gasteiger partial charge on any atom is 0.345 e. The normalized spacial score (nSPS) is 10.8. The Labute approximate surface area is 128 Å². The van der Waals surface area contributed by atoms with E-state index in [0.29, 0.717) is 11.6 Å². The van der Waals surface area contributed by atoms with E-state index in [0.717, 1.165) is 24.2 Å². The monoisotopic (exact) mass is 305 g/mol. The fraction of sp³-hybridized carbons (Fsp3) is 0.294. The molecule has 0 saturated carbocycles. The number of aryl methyl sites for hydroxylation is 1. The highest BCUT2D eigenvalue weighted by Gasteiger charge is 2.18. The van der Waals surface area contributed by atoms with E-state index in [1.165, 1.54) is 6.07 Å². The second kappa shape index (κ2) is 6.64. The summed E-state index contributed by atoms with van der Waals surface area (Å²) in [4.78, 5) is 16.4. The van der Waals surface area contributed by atoms with Gasteiger partial charge in [0.1, 0.15) is 0 Å². The lowest BCUT2D eigenvalue weighted by Gasteiger charge is -2.10. The zero-order valence-corrected chi connectivity index (χ0v) is 12.7. The molecule has 22 heavy (non-hydrogen) atoms. The largest absolute Gasteiger partial charge is 0.417 e. The molecule has 0 unspecified atom stereocenters. The second-order valence-corrected chi connectivity index (χ2v) is 5.47. The van der Waals surface area contributed by atoms with Crippen molar-refractivity contribution in [2.24, 2.45) is 5.92 Å². The van der Waals surface area contributed by atoms with E-state index >= 15 is 0 Å². The highest BCUT2D eigenvalue weighted by molar-refractivity contribution is 5.92. The number of rotatable bonds is 4. The van der Waals surface area contributed by atoms with Gasteiger partial charge in [0.05, 0.1) is 11.3 Å². The van der Waals surface area contributed by atoms with Crippen LogP contribution in [0.1, 0.15) is 35.6 Å². The van der Waals surface area contributed by atoms with Crippen LogP contribution in [-0.4, -0.2) is 11.0 Å². The molecule has 1 aromatic carbocycles. The molecule has 0 N–H and O–H groups in total. The number of pyridine rings is 1. The molecular formula is C17H17F2NO2. The van der Waals surface area contributed by atoms with Crippen molar-refractivity contribution in [3.05, 3.63) is 58.9 Å². The Balaban J connectivity index is 2.23. The molecule has 0 aliphatic heterocycles. The van der Waals surface area contributed by atoms with Gasteiger partial charge in [-0.05, 0) is 43.5 Å². The Hall–Kier alpha value is -2.30. The van der Waals surface area contributed by atoms with E-state index in [9.17, 15) is 13.6 Å². The van der Waals surface area contributed by atoms with Crippen LogP contribution in [0.2, 0.25) is 0 Å². The molecule has 2 rings (SSSR count). The fourth-order valence-electron chi connectivity index (χ4n) is 2.09. The van der Waals surface area contributed by atoms with Gasteiger partial charge in [-0.1, -0.05) is 19.9 Å². The summed E-state index contributed by atoms with van der Waals surface area (Å²) in [6.45, 7) is 5.80. The third kappa shape index (κ3) is 3.67. The molecule has 1 aromatic heterocycles. The Morgan fingerprint density at radius 1 is 1.18 bits per heavy atom. The summed E-state index contributed by atoms with van der Waals surface area (Å²) in [6, 6.07) is 6.56. The number of nitrogens with zero attached hydrogens (tertiary/aromatic N) is 1. The maximum absolute atomic E-state index is 13.5. The summed E-state index contributed by atoms with van der Waals surface area (Å²) in [5, 5.41) is 0. The third-order valence-corrected chi connectivity index (χ3v) is 3.09. The van der Waals surface area contributed by atoms with Gasteiger partial charge >= 0.3 is 5.97 Å². The van der Waals surface area contributed by atoms with Crippen molar-refractivity contribution >= 4 is 5.97 Å². The lowest BCUT2D eigenvalue weighted by atomic mass is 10.1. The number of aromatic nitrogens is 1. The van der Waals surface area contributed by atoms with Gasteiger partial charge in [0.15, 0.2) is 11.6 Å². The minimum Gasteiger partial charge on any atom is -0.417 e. The number of carbonyl (C=O) groups excluding carboxylic acids is 1. The van der Waals surface area contributed by atoms with Crippen molar-refractivity contribution in [2.45, 2.75) is 27.2 Å². The zero-order valence-electron chi connectivity index (χ0n) is 12.7. The van der Waals surface area contributed by atoms with Crippen molar-refractivity contribution < 1.29 is 18.3 Å². The lowest BCUT2D eigenvalue weighted by Crippen LogP contribution is -2.14. The Morgan fingerprint density at radius 3 is 2.36 bits per heavy atom. The van der Waals surface area contributed by atoms with Gasteiger partial charge in [-0.25, -0.2) is 13.6 Å². The topological polar surface area (TPSA) is 39.2 Å². The zero-order chi connectivity index (χ0) is 16.3. The number of ether oxygens (including phenoxy) is 1. The number of para-hydroxylation sites is 1. The average molecular weight is 305 g/mol. The Morgan fingerprint density at radius 2 is 1.82 bits per heavy atom. The van der Waals surface area contributed by atoms with Crippen LogP contribution in [0.5, 0.6) is 5.75 Å². The fourth-order valence-corrected chi connectivity index (χ4v) is 2.09. The molecule has 0 amide bonds. The van der Waals surface area contributed by atoms with Crippen LogP contribution in [0, 0.1) is 24.5 Å². The predicted octanol–water partition coefficient (Wildman–Crippen LogP) is 4.09. The van der Waals surface area contributed by atoms with Crippen LogP contribution < -0.4 is 4.74 Å². The minimum atomic E-state index is -0.921. The molecular weight excluding hydrogens is 288 g/mol. The van der Waals surface area contributed by atoms with Gasteiger partial charge in [0.2, 0.25) is 5.75 Å². The van der Waals surface area contributed by atoms with Crippen LogP contribution in [-0.2, 0) is 6.42 Å². The number of hydrogen-bond acceptors (Lipinski definition) is 3. The number of benzene rings is 1. The molecule has 0 fully saturated rings. The van der Waals surface area contributed by atoms with Crippen molar-refractivity contribution in [1.82, 2.24) is 4.98 Å². The molecule has 0 radical (unpaired) electrons. The van der Waals surface area contributed by atoms with Crippen LogP contribution in [0.4, 0.5) is 8.78 Å². The quantitative estimate of drug-likeness (QED) is 0.631. The number of halogens is 2. The van der Waals surface area contributed by atoms with Crippen molar-refractivity contribution in [2.75, 3.05) is 0 Å². The summed E-state index contributed by atoms with van der Waals surface area (Å²) in [5.74, 6) is -2.92. The second-order valence-electron chi connectivity index (χ2n) is 5.47. The summed E-state index contributed by atoms with van der Waals surface area (Å²) in [6.07, 6.45) is 0.790. The van der Waals surface area contributed by atoms with E-state index in [1.54, 1.807) is 19.1 Å².